The standard InChI is InChI=1S/C4H8S5/c5-1-7-4-8-2-6-3-9-4/h4-5H,1-3H2. The second kappa shape index (κ2) is 5.41. The lowest BCUT2D eigenvalue weighted by Gasteiger charge is -2.18. The molecule has 5 heteroatoms. The molecule has 9 heavy (non-hydrogen) atoms. The van der Waals surface area contributed by atoms with Crippen LogP contribution in [-0.2, 0) is 0 Å². The molecule has 0 unspecified atom stereocenters. The highest BCUT2D eigenvalue weighted by molar-refractivity contribution is 8.41. The maximum Gasteiger partial charge on any atom is 0.0980 e. The monoisotopic (exact) mass is 216 g/mol. The van der Waals surface area contributed by atoms with Gasteiger partial charge in [0.25, 0.3) is 0 Å². The van der Waals surface area contributed by atoms with E-state index in [4.69, 9.17) is 0 Å². The normalized spacial score (nSPS) is 22.3. The minimum absolute atomic E-state index is 0.753. The Morgan fingerprint density at radius 1 is 1.44 bits per heavy atom. The summed E-state index contributed by atoms with van der Waals surface area (Å²) in [6, 6.07) is 0. The van der Waals surface area contributed by atoms with Crippen LogP contribution in [0.3, 0.4) is 0 Å². The maximum atomic E-state index is 4.16. The molecule has 0 N–H and O–H groups in total. The minimum atomic E-state index is 0.753. The average Bonchev–Trinajstić information content (AvgIpc) is 1.91. The topological polar surface area (TPSA) is 0 Å². The van der Waals surface area contributed by atoms with Gasteiger partial charge in [0.2, 0.25) is 0 Å². The van der Waals surface area contributed by atoms with Gasteiger partial charge in [0, 0.05) is 15.3 Å². The first-order valence-electron chi connectivity index (χ1n) is 2.47. The molecule has 0 atom stereocenters. The number of thiol groups is 1. The van der Waals surface area contributed by atoms with Crippen LogP contribution >= 0.6 is 59.7 Å². The Morgan fingerprint density at radius 3 is 2.67 bits per heavy atom. The van der Waals surface area contributed by atoms with Crippen molar-refractivity contribution in [3.63, 3.8) is 0 Å². The zero-order valence-corrected chi connectivity index (χ0v) is 8.94. The molecule has 0 radical (unpaired) electrons. The van der Waals surface area contributed by atoms with Crippen LogP contribution in [0.4, 0.5) is 0 Å². The lowest BCUT2D eigenvalue weighted by Crippen LogP contribution is -1.97. The van der Waals surface area contributed by atoms with Gasteiger partial charge in [-0.1, -0.05) is 0 Å². The molecule has 1 aliphatic rings. The molecular weight excluding hydrogens is 208 g/mol. The third-order valence-electron chi connectivity index (χ3n) is 0.786. The highest BCUT2D eigenvalue weighted by Crippen LogP contribution is 2.42. The van der Waals surface area contributed by atoms with Gasteiger partial charge in [0.15, 0.2) is 0 Å². The van der Waals surface area contributed by atoms with Crippen LogP contribution in [0.2, 0.25) is 0 Å². The number of rotatable bonds is 2. The molecule has 0 aliphatic carbocycles. The van der Waals surface area contributed by atoms with Crippen molar-refractivity contribution >= 4 is 59.7 Å². The van der Waals surface area contributed by atoms with E-state index in [9.17, 15) is 0 Å². The molecule has 0 aromatic rings. The van der Waals surface area contributed by atoms with Gasteiger partial charge in [-0.3, -0.25) is 0 Å². The van der Waals surface area contributed by atoms with Gasteiger partial charge in [-0.15, -0.1) is 47.0 Å². The smallest absolute Gasteiger partial charge is 0.0980 e. The summed E-state index contributed by atoms with van der Waals surface area (Å²) in [6.07, 6.45) is 0. The second-order valence-electron chi connectivity index (χ2n) is 1.36. The second-order valence-corrected chi connectivity index (χ2v) is 7.99. The summed E-state index contributed by atoms with van der Waals surface area (Å²) in [6.45, 7) is 0. The molecule has 1 aliphatic heterocycles. The van der Waals surface area contributed by atoms with Crippen molar-refractivity contribution in [2.45, 2.75) is 3.91 Å². The zero-order valence-electron chi connectivity index (χ0n) is 4.78. The first-order valence-corrected chi connectivity index (χ1v) is 7.40. The van der Waals surface area contributed by atoms with Gasteiger partial charge in [-0.25, -0.2) is 0 Å². The van der Waals surface area contributed by atoms with Gasteiger partial charge >= 0.3 is 0 Å². The highest BCUT2D eigenvalue weighted by Gasteiger charge is 2.13. The van der Waals surface area contributed by atoms with Gasteiger partial charge in [-0.2, -0.15) is 12.6 Å². The molecule has 1 fully saturated rings. The molecule has 0 aromatic heterocycles. The van der Waals surface area contributed by atoms with E-state index >= 15 is 0 Å². The van der Waals surface area contributed by atoms with Crippen molar-refractivity contribution in [2.24, 2.45) is 0 Å². The van der Waals surface area contributed by atoms with Crippen LogP contribution < -0.4 is 0 Å². The van der Waals surface area contributed by atoms with E-state index in [0.717, 1.165) is 9.00 Å². The molecule has 0 nitrogen and oxygen atoms in total. The molecule has 0 spiro atoms. The van der Waals surface area contributed by atoms with Crippen LogP contribution in [-0.4, -0.2) is 19.2 Å². The van der Waals surface area contributed by atoms with E-state index in [-0.39, 0.29) is 0 Å². The van der Waals surface area contributed by atoms with E-state index in [2.05, 4.69) is 12.6 Å². The van der Waals surface area contributed by atoms with Crippen LogP contribution in [0.5, 0.6) is 0 Å². The fraction of sp³-hybridized carbons (Fsp3) is 1.00. The summed E-state index contributed by atoms with van der Waals surface area (Å²) < 4.78 is 0.753. The quantitative estimate of drug-likeness (QED) is 0.556. The molecule has 54 valence electrons. The molecule has 0 saturated carbocycles. The van der Waals surface area contributed by atoms with Crippen LogP contribution in [0.1, 0.15) is 0 Å². The van der Waals surface area contributed by atoms with Crippen molar-refractivity contribution in [3.05, 3.63) is 0 Å². The molecule has 1 rings (SSSR count). The predicted molar refractivity (Wildman–Crippen MR) is 57.7 cm³/mol. The highest BCUT2D eigenvalue weighted by atomic mass is 32.3. The van der Waals surface area contributed by atoms with E-state index in [1.807, 2.05) is 47.0 Å². The van der Waals surface area contributed by atoms with Gasteiger partial charge in [0.1, 0.15) is 0 Å². The van der Waals surface area contributed by atoms with Crippen LogP contribution in [0, 0.1) is 0 Å². The van der Waals surface area contributed by atoms with Crippen LogP contribution in [0.15, 0.2) is 0 Å². The van der Waals surface area contributed by atoms with Gasteiger partial charge < -0.3 is 0 Å². The third-order valence-corrected chi connectivity index (χ3v) is 7.07. The van der Waals surface area contributed by atoms with Crippen molar-refractivity contribution in [1.29, 1.82) is 0 Å². The molecule has 0 amide bonds. The minimum Gasteiger partial charge on any atom is -0.168 e. The molecule has 0 bridgehead atoms. The van der Waals surface area contributed by atoms with Crippen molar-refractivity contribution in [1.82, 2.24) is 0 Å². The molecule has 1 heterocycles. The summed E-state index contributed by atoms with van der Waals surface area (Å²) in [5.74, 6) is 0. The zero-order chi connectivity index (χ0) is 6.53. The van der Waals surface area contributed by atoms with Gasteiger partial charge in [0.05, 0.1) is 3.91 Å². The van der Waals surface area contributed by atoms with E-state index in [1.165, 1.54) is 10.2 Å². The maximum absolute atomic E-state index is 4.16. The summed E-state index contributed by atoms with van der Waals surface area (Å²) >= 11 is 12.2. The Kier molecular flexibility index (Phi) is 5.31. The molecule has 0 aromatic carbocycles. The van der Waals surface area contributed by atoms with Crippen molar-refractivity contribution < 1.29 is 0 Å². The van der Waals surface area contributed by atoms with E-state index in [0.29, 0.717) is 0 Å². The first kappa shape index (κ1) is 8.84. The Morgan fingerprint density at radius 2 is 2.11 bits per heavy atom. The third kappa shape index (κ3) is 3.60. The molecular formula is C4H8S5. The predicted octanol–water partition coefficient (Wildman–Crippen LogP) is 3.02. The summed E-state index contributed by atoms with van der Waals surface area (Å²) in [7, 11) is 0. The van der Waals surface area contributed by atoms with Crippen molar-refractivity contribution in [2.75, 3.05) is 15.3 Å². The van der Waals surface area contributed by atoms with E-state index in [1.54, 1.807) is 0 Å². The Labute approximate surface area is 78.5 Å². The van der Waals surface area contributed by atoms with Crippen molar-refractivity contribution in [3.8, 4) is 0 Å². The SMILES string of the molecule is SCSC1SCSCS1. The Balaban J connectivity index is 2.08. The lowest BCUT2D eigenvalue weighted by atomic mass is 11.8. The number of thioether (sulfide) groups is 4. The van der Waals surface area contributed by atoms with E-state index < -0.39 is 0 Å². The number of hydrogen-bond donors (Lipinski definition) is 1. The lowest BCUT2D eigenvalue weighted by molar-refractivity contribution is 1.93. The average molecular weight is 216 g/mol. The Hall–Kier alpha value is 1.75. The summed E-state index contributed by atoms with van der Waals surface area (Å²) in [5, 5.41) is 3.48. The number of hydrogen-bond acceptors (Lipinski definition) is 5. The van der Waals surface area contributed by atoms with Gasteiger partial charge in [-0.05, 0) is 0 Å². The summed E-state index contributed by atoms with van der Waals surface area (Å²) in [4.78, 5) is 0. The largest absolute Gasteiger partial charge is 0.168 e. The van der Waals surface area contributed by atoms with Crippen LogP contribution in [0.25, 0.3) is 0 Å². The fourth-order valence-electron chi connectivity index (χ4n) is 0.447. The summed E-state index contributed by atoms with van der Waals surface area (Å²) in [5.41, 5.74) is 0. The fourth-order valence-corrected chi connectivity index (χ4v) is 7.73. The first-order chi connectivity index (χ1) is 4.43. The molecule has 1 saturated heterocycles. The Bertz CT molecular complexity index is 66.6.